The molecule has 1 fully saturated rings. The zero-order valence-corrected chi connectivity index (χ0v) is 13.5. The molecule has 0 aliphatic carbocycles. The Balaban J connectivity index is 1.85. The fourth-order valence-corrected chi connectivity index (χ4v) is 2.82. The summed E-state index contributed by atoms with van der Waals surface area (Å²) in [6, 6.07) is 7.72. The zero-order valence-electron chi connectivity index (χ0n) is 13.5. The van der Waals surface area contributed by atoms with Crippen LogP contribution in [-0.4, -0.2) is 26.9 Å². The third-order valence-electron chi connectivity index (χ3n) is 4.32. The first kappa shape index (κ1) is 15.4. The van der Waals surface area contributed by atoms with Crippen LogP contribution < -0.4 is 0 Å². The van der Waals surface area contributed by atoms with Gasteiger partial charge in [-0.25, -0.2) is 0 Å². The number of carbonyl (C=O) groups is 2. The molecule has 1 unspecified atom stereocenters. The van der Waals surface area contributed by atoms with E-state index in [1.165, 1.54) is 4.90 Å². The van der Waals surface area contributed by atoms with E-state index in [-0.39, 0.29) is 30.7 Å². The number of carbonyl (C=O) groups excluding carboxylic acids is 2. The summed E-state index contributed by atoms with van der Waals surface area (Å²) in [5, 5.41) is 7.75. The van der Waals surface area contributed by atoms with Crippen LogP contribution in [0.5, 0.6) is 0 Å². The molecule has 23 heavy (non-hydrogen) atoms. The molecule has 6 nitrogen and oxygen atoms in total. The molecule has 2 aromatic rings. The summed E-state index contributed by atoms with van der Waals surface area (Å²) in [6.07, 6.45) is 0.777. The molecule has 0 N–H and O–H groups in total. The Morgan fingerprint density at radius 2 is 1.83 bits per heavy atom. The predicted molar refractivity (Wildman–Crippen MR) is 82.4 cm³/mol. The van der Waals surface area contributed by atoms with Gasteiger partial charge in [-0.05, 0) is 19.4 Å². The first-order valence-electron chi connectivity index (χ1n) is 7.67. The van der Waals surface area contributed by atoms with Gasteiger partial charge in [0.25, 0.3) is 0 Å². The molecule has 0 bridgehead atoms. The van der Waals surface area contributed by atoms with E-state index in [0.29, 0.717) is 12.3 Å². The van der Waals surface area contributed by atoms with Crippen LogP contribution in [0, 0.1) is 6.92 Å². The Morgan fingerprint density at radius 1 is 1.17 bits per heavy atom. The van der Waals surface area contributed by atoms with Crippen LogP contribution in [0.15, 0.2) is 28.7 Å². The van der Waals surface area contributed by atoms with Crippen molar-refractivity contribution < 1.29 is 14.0 Å². The normalized spacial score (nSPS) is 21.3. The van der Waals surface area contributed by atoms with Gasteiger partial charge >= 0.3 is 0 Å². The van der Waals surface area contributed by atoms with Gasteiger partial charge in [0.1, 0.15) is 6.54 Å². The predicted octanol–water partition coefficient (Wildman–Crippen LogP) is 2.16. The molecule has 2 amide bonds. The van der Waals surface area contributed by atoms with Crippen molar-refractivity contribution in [3.8, 4) is 0 Å². The lowest BCUT2D eigenvalue weighted by Gasteiger charge is -2.22. The van der Waals surface area contributed by atoms with E-state index in [1.807, 2.05) is 45.0 Å². The van der Waals surface area contributed by atoms with Crippen LogP contribution in [0.4, 0.5) is 0 Å². The largest absolute Gasteiger partial charge is 0.423 e. The standard InChI is InChI=1S/C17H19N3O3/c1-4-13-18-19-14(23-13)10-20-15(21)9-17(3,16(20)22)12-7-5-11(2)6-8-12/h5-8H,4,9-10H2,1-3H3. The van der Waals surface area contributed by atoms with E-state index in [9.17, 15) is 9.59 Å². The minimum Gasteiger partial charge on any atom is -0.423 e. The van der Waals surface area contributed by atoms with Gasteiger partial charge < -0.3 is 4.42 Å². The van der Waals surface area contributed by atoms with E-state index in [4.69, 9.17) is 4.42 Å². The van der Waals surface area contributed by atoms with Gasteiger partial charge in [0.05, 0.1) is 5.41 Å². The van der Waals surface area contributed by atoms with Crippen LogP contribution in [0.2, 0.25) is 0 Å². The number of aryl methyl sites for hydroxylation is 2. The van der Waals surface area contributed by atoms with Gasteiger partial charge in [0.2, 0.25) is 23.6 Å². The van der Waals surface area contributed by atoms with Crippen LogP contribution >= 0.6 is 0 Å². The molecule has 1 aromatic carbocycles. The first-order valence-corrected chi connectivity index (χ1v) is 7.67. The maximum atomic E-state index is 12.8. The maximum absolute atomic E-state index is 12.8. The van der Waals surface area contributed by atoms with Crippen LogP contribution in [0.3, 0.4) is 0 Å². The summed E-state index contributed by atoms with van der Waals surface area (Å²) < 4.78 is 5.41. The molecule has 0 radical (unpaired) electrons. The average molecular weight is 313 g/mol. The van der Waals surface area contributed by atoms with Gasteiger partial charge in [-0.3, -0.25) is 14.5 Å². The lowest BCUT2D eigenvalue weighted by atomic mass is 9.81. The van der Waals surface area contributed by atoms with Crippen molar-refractivity contribution in [3.05, 3.63) is 47.2 Å². The summed E-state index contributed by atoms with van der Waals surface area (Å²) in [4.78, 5) is 26.4. The highest BCUT2D eigenvalue weighted by Crippen LogP contribution is 2.37. The highest BCUT2D eigenvalue weighted by Gasteiger charge is 2.49. The number of imide groups is 1. The number of benzene rings is 1. The Hall–Kier alpha value is -2.50. The summed E-state index contributed by atoms with van der Waals surface area (Å²) in [6.45, 7) is 5.73. The number of aromatic nitrogens is 2. The van der Waals surface area contributed by atoms with Gasteiger partial charge in [-0.2, -0.15) is 0 Å². The number of hydrogen-bond donors (Lipinski definition) is 0. The molecule has 120 valence electrons. The van der Waals surface area contributed by atoms with Crippen LogP contribution in [0.25, 0.3) is 0 Å². The van der Waals surface area contributed by atoms with Crippen molar-refractivity contribution in [3.63, 3.8) is 0 Å². The van der Waals surface area contributed by atoms with Gasteiger partial charge in [0.15, 0.2) is 0 Å². The van der Waals surface area contributed by atoms with Crippen LogP contribution in [0.1, 0.15) is 43.2 Å². The fourth-order valence-electron chi connectivity index (χ4n) is 2.82. The van der Waals surface area contributed by atoms with E-state index in [2.05, 4.69) is 10.2 Å². The summed E-state index contributed by atoms with van der Waals surface area (Å²) in [5.74, 6) is 0.356. The summed E-state index contributed by atoms with van der Waals surface area (Å²) >= 11 is 0. The van der Waals surface area contributed by atoms with E-state index in [0.717, 1.165) is 11.1 Å². The monoisotopic (exact) mass is 313 g/mol. The van der Waals surface area contributed by atoms with Gasteiger partial charge in [-0.1, -0.05) is 36.8 Å². The molecule has 1 aliphatic heterocycles. The Labute approximate surface area is 134 Å². The van der Waals surface area contributed by atoms with E-state index < -0.39 is 5.41 Å². The summed E-state index contributed by atoms with van der Waals surface area (Å²) in [5.41, 5.74) is 1.13. The third-order valence-corrected chi connectivity index (χ3v) is 4.32. The fraction of sp³-hybridized carbons (Fsp3) is 0.412. The number of amides is 2. The molecule has 6 heteroatoms. The number of nitrogens with zero attached hydrogens (tertiary/aromatic N) is 3. The molecule has 0 saturated carbocycles. The highest BCUT2D eigenvalue weighted by molar-refractivity contribution is 6.08. The minimum atomic E-state index is -0.835. The van der Waals surface area contributed by atoms with Gasteiger partial charge in [-0.15, -0.1) is 10.2 Å². The molecule has 1 aliphatic rings. The van der Waals surface area contributed by atoms with E-state index in [1.54, 1.807) is 0 Å². The lowest BCUT2D eigenvalue weighted by molar-refractivity contribution is -0.140. The third kappa shape index (κ3) is 2.65. The SMILES string of the molecule is CCc1nnc(CN2C(=O)CC(C)(c3ccc(C)cc3)C2=O)o1. The summed E-state index contributed by atoms with van der Waals surface area (Å²) in [7, 11) is 0. The quantitative estimate of drug-likeness (QED) is 0.808. The number of rotatable bonds is 4. The van der Waals surface area contributed by atoms with Crippen molar-refractivity contribution in [1.82, 2.24) is 15.1 Å². The number of likely N-dealkylation sites (tertiary alicyclic amines) is 1. The maximum Gasteiger partial charge on any atom is 0.240 e. The second-order valence-electron chi connectivity index (χ2n) is 6.10. The van der Waals surface area contributed by atoms with Crippen molar-refractivity contribution in [2.75, 3.05) is 0 Å². The Kier molecular flexibility index (Phi) is 3.75. The second-order valence-corrected chi connectivity index (χ2v) is 6.10. The van der Waals surface area contributed by atoms with Crippen LogP contribution in [-0.2, 0) is 28.0 Å². The molecule has 1 saturated heterocycles. The topological polar surface area (TPSA) is 76.3 Å². The smallest absolute Gasteiger partial charge is 0.240 e. The van der Waals surface area contributed by atoms with E-state index >= 15 is 0 Å². The van der Waals surface area contributed by atoms with Gasteiger partial charge in [0, 0.05) is 12.8 Å². The first-order chi connectivity index (χ1) is 10.9. The average Bonchev–Trinajstić information content (AvgIpc) is 3.07. The molecule has 0 spiro atoms. The molecule has 1 atom stereocenters. The number of hydrogen-bond acceptors (Lipinski definition) is 5. The van der Waals surface area contributed by atoms with Crippen molar-refractivity contribution >= 4 is 11.8 Å². The highest BCUT2D eigenvalue weighted by atomic mass is 16.4. The molecular weight excluding hydrogens is 294 g/mol. The molecule has 2 heterocycles. The Bertz CT molecular complexity index is 751. The zero-order chi connectivity index (χ0) is 16.6. The lowest BCUT2D eigenvalue weighted by Crippen LogP contribution is -2.36. The van der Waals surface area contributed by atoms with Crippen molar-refractivity contribution in [1.29, 1.82) is 0 Å². The van der Waals surface area contributed by atoms with Crippen molar-refractivity contribution in [2.45, 2.75) is 45.6 Å². The molecule has 3 rings (SSSR count). The van der Waals surface area contributed by atoms with Crippen molar-refractivity contribution in [2.24, 2.45) is 0 Å². The second kappa shape index (κ2) is 5.61. The minimum absolute atomic E-state index is 0.0338. The Morgan fingerprint density at radius 3 is 2.43 bits per heavy atom. The molecular formula is C17H19N3O3. The molecule has 1 aromatic heterocycles.